The minimum absolute atomic E-state index is 0.381. The van der Waals surface area contributed by atoms with E-state index in [0.29, 0.717) is 5.38 Å². The number of hydrogen-bond donors (Lipinski definition) is 0. The highest BCUT2D eigenvalue weighted by Gasteiger charge is 2.17. The molecule has 15 heavy (non-hydrogen) atoms. The predicted molar refractivity (Wildman–Crippen MR) is 63.1 cm³/mol. The molecule has 0 atom stereocenters. The zero-order valence-corrected chi connectivity index (χ0v) is 9.87. The lowest BCUT2D eigenvalue weighted by Gasteiger charge is -2.29. The first-order chi connectivity index (χ1) is 7.25. The van der Waals surface area contributed by atoms with E-state index >= 15 is 0 Å². The first kappa shape index (κ1) is 10.9. The quantitative estimate of drug-likeness (QED) is 0.718. The van der Waals surface area contributed by atoms with Crippen LogP contribution in [0.1, 0.15) is 24.1 Å². The maximum atomic E-state index is 6.07. The number of rotatable bonds is 2. The van der Waals surface area contributed by atoms with Crippen molar-refractivity contribution in [2.45, 2.75) is 31.7 Å². The van der Waals surface area contributed by atoms with Crippen LogP contribution in [0.2, 0.25) is 0 Å². The highest BCUT2D eigenvalue weighted by atomic mass is 35.5. The van der Waals surface area contributed by atoms with Gasteiger partial charge in [-0.2, -0.15) is 0 Å². The summed E-state index contributed by atoms with van der Waals surface area (Å²) in [5, 5.41) is 0.381. The Labute approximate surface area is 96.3 Å². The Morgan fingerprint density at radius 1 is 1.47 bits per heavy atom. The van der Waals surface area contributed by atoms with Crippen molar-refractivity contribution in [1.29, 1.82) is 0 Å². The average molecular weight is 225 g/mol. The van der Waals surface area contributed by atoms with E-state index < -0.39 is 0 Å². The fourth-order valence-electron chi connectivity index (χ4n) is 1.96. The van der Waals surface area contributed by atoms with Crippen molar-refractivity contribution >= 4 is 11.6 Å². The van der Waals surface area contributed by atoms with Crippen LogP contribution in [0.25, 0.3) is 0 Å². The van der Waals surface area contributed by atoms with Gasteiger partial charge in [-0.3, -0.25) is 9.88 Å². The van der Waals surface area contributed by atoms with Gasteiger partial charge in [-0.05, 0) is 44.5 Å². The first-order valence-corrected chi connectivity index (χ1v) is 5.96. The molecular weight excluding hydrogens is 208 g/mol. The lowest BCUT2D eigenvalue weighted by atomic mass is 10.1. The fourth-order valence-corrected chi connectivity index (χ4v) is 2.15. The number of pyridine rings is 1. The molecule has 0 radical (unpaired) electrons. The van der Waals surface area contributed by atoms with Crippen molar-refractivity contribution in [3.05, 3.63) is 29.6 Å². The van der Waals surface area contributed by atoms with Gasteiger partial charge >= 0.3 is 0 Å². The molecule has 0 spiro atoms. The first-order valence-electron chi connectivity index (χ1n) is 5.52. The van der Waals surface area contributed by atoms with Crippen LogP contribution in [0.4, 0.5) is 0 Å². The number of piperidine rings is 1. The number of hydrogen-bond acceptors (Lipinski definition) is 2. The van der Waals surface area contributed by atoms with Gasteiger partial charge in [-0.1, -0.05) is 6.07 Å². The maximum Gasteiger partial charge on any atom is 0.0573 e. The second-order valence-electron chi connectivity index (χ2n) is 4.22. The molecule has 1 aliphatic heterocycles. The molecular formula is C12H17ClN2. The third-order valence-corrected chi connectivity index (χ3v) is 3.44. The van der Waals surface area contributed by atoms with Crippen LogP contribution < -0.4 is 0 Å². The van der Waals surface area contributed by atoms with E-state index in [4.69, 9.17) is 11.6 Å². The number of nitrogens with zero attached hydrogens (tertiary/aromatic N) is 2. The normalized spacial score (nSPS) is 19.3. The molecule has 3 heteroatoms. The van der Waals surface area contributed by atoms with Crippen molar-refractivity contribution in [1.82, 2.24) is 9.88 Å². The SMILES string of the molecule is Cc1cccnc1CN1CCC(Cl)CC1. The van der Waals surface area contributed by atoms with Crippen molar-refractivity contribution in [3.63, 3.8) is 0 Å². The van der Waals surface area contributed by atoms with E-state index in [1.807, 2.05) is 12.3 Å². The molecule has 0 saturated carbocycles. The number of halogens is 1. The van der Waals surface area contributed by atoms with Crippen LogP contribution in [0.5, 0.6) is 0 Å². The van der Waals surface area contributed by atoms with Crippen LogP contribution >= 0.6 is 11.6 Å². The van der Waals surface area contributed by atoms with E-state index in [1.54, 1.807) is 0 Å². The second kappa shape index (κ2) is 4.95. The molecule has 1 saturated heterocycles. The molecule has 0 amide bonds. The molecule has 0 aromatic carbocycles. The summed E-state index contributed by atoms with van der Waals surface area (Å²) >= 11 is 6.07. The van der Waals surface area contributed by atoms with Gasteiger partial charge in [0.05, 0.1) is 5.69 Å². The topological polar surface area (TPSA) is 16.1 Å². The standard InChI is InChI=1S/C12H17ClN2/c1-10-3-2-6-14-12(10)9-15-7-4-11(13)5-8-15/h2-3,6,11H,4-5,7-9H2,1H3. The van der Waals surface area contributed by atoms with Gasteiger partial charge in [0.1, 0.15) is 0 Å². The second-order valence-corrected chi connectivity index (χ2v) is 4.83. The van der Waals surface area contributed by atoms with E-state index in [0.717, 1.165) is 32.5 Å². The van der Waals surface area contributed by atoms with Crippen molar-refractivity contribution in [3.8, 4) is 0 Å². The molecule has 0 aliphatic carbocycles. The third kappa shape index (κ3) is 2.93. The molecule has 2 heterocycles. The predicted octanol–water partition coefficient (Wildman–Crippen LogP) is 2.59. The van der Waals surface area contributed by atoms with E-state index in [9.17, 15) is 0 Å². The number of aromatic nitrogens is 1. The van der Waals surface area contributed by atoms with Gasteiger partial charge in [0.15, 0.2) is 0 Å². The Bertz CT molecular complexity index is 319. The van der Waals surface area contributed by atoms with Gasteiger partial charge < -0.3 is 0 Å². The number of aryl methyl sites for hydroxylation is 1. The minimum atomic E-state index is 0.381. The largest absolute Gasteiger partial charge is 0.297 e. The Hall–Kier alpha value is -0.600. The molecule has 1 fully saturated rings. The minimum Gasteiger partial charge on any atom is -0.297 e. The smallest absolute Gasteiger partial charge is 0.0573 e. The molecule has 1 aliphatic rings. The molecule has 2 rings (SSSR count). The van der Waals surface area contributed by atoms with Gasteiger partial charge in [0, 0.05) is 18.1 Å². The summed E-state index contributed by atoms with van der Waals surface area (Å²) in [6.07, 6.45) is 4.08. The molecule has 1 aromatic rings. The lowest BCUT2D eigenvalue weighted by Crippen LogP contribution is -2.33. The molecule has 1 aromatic heterocycles. The van der Waals surface area contributed by atoms with Crippen molar-refractivity contribution in [2.24, 2.45) is 0 Å². The van der Waals surface area contributed by atoms with Crippen LogP contribution in [-0.2, 0) is 6.54 Å². The van der Waals surface area contributed by atoms with Crippen molar-refractivity contribution in [2.75, 3.05) is 13.1 Å². The number of likely N-dealkylation sites (tertiary alicyclic amines) is 1. The molecule has 82 valence electrons. The third-order valence-electron chi connectivity index (χ3n) is 3.01. The fraction of sp³-hybridized carbons (Fsp3) is 0.583. The van der Waals surface area contributed by atoms with E-state index in [-0.39, 0.29) is 0 Å². The van der Waals surface area contributed by atoms with Crippen LogP contribution in [0, 0.1) is 6.92 Å². The Balaban J connectivity index is 1.95. The zero-order chi connectivity index (χ0) is 10.7. The monoisotopic (exact) mass is 224 g/mol. The van der Waals surface area contributed by atoms with Crippen molar-refractivity contribution < 1.29 is 0 Å². The van der Waals surface area contributed by atoms with Gasteiger partial charge in [0.2, 0.25) is 0 Å². The van der Waals surface area contributed by atoms with Crippen LogP contribution in [0.3, 0.4) is 0 Å². The maximum absolute atomic E-state index is 6.07. The highest BCUT2D eigenvalue weighted by Crippen LogP contribution is 2.17. The van der Waals surface area contributed by atoms with Gasteiger partial charge in [-0.25, -0.2) is 0 Å². The van der Waals surface area contributed by atoms with Gasteiger partial charge in [0.25, 0.3) is 0 Å². The summed E-state index contributed by atoms with van der Waals surface area (Å²) in [6, 6.07) is 4.11. The molecule has 0 bridgehead atoms. The van der Waals surface area contributed by atoms with E-state index in [1.165, 1.54) is 11.3 Å². The molecule has 0 N–H and O–H groups in total. The average Bonchev–Trinajstić information content (AvgIpc) is 2.25. The lowest BCUT2D eigenvalue weighted by molar-refractivity contribution is 0.220. The Kier molecular flexibility index (Phi) is 3.60. The summed E-state index contributed by atoms with van der Waals surface area (Å²) in [5.41, 5.74) is 2.48. The summed E-state index contributed by atoms with van der Waals surface area (Å²) in [7, 11) is 0. The van der Waals surface area contributed by atoms with Gasteiger partial charge in [-0.15, -0.1) is 11.6 Å². The summed E-state index contributed by atoms with van der Waals surface area (Å²) < 4.78 is 0. The van der Waals surface area contributed by atoms with Crippen LogP contribution in [0.15, 0.2) is 18.3 Å². The molecule has 0 unspecified atom stereocenters. The van der Waals surface area contributed by atoms with E-state index in [2.05, 4.69) is 22.9 Å². The zero-order valence-electron chi connectivity index (χ0n) is 9.12. The highest BCUT2D eigenvalue weighted by molar-refractivity contribution is 6.20. The summed E-state index contributed by atoms with van der Waals surface area (Å²) in [6.45, 7) is 5.29. The number of alkyl halides is 1. The molecule has 2 nitrogen and oxygen atoms in total. The Morgan fingerprint density at radius 3 is 2.87 bits per heavy atom. The van der Waals surface area contributed by atoms with Crippen LogP contribution in [-0.4, -0.2) is 28.4 Å². The summed E-state index contributed by atoms with van der Waals surface area (Å²) in [5.74, 6) is 0. The Morgan fingerprint density at radius 2 is 2.20 bits per heavy atom. The summed E-state index contributed by atoms with van der Waals surface area (Å²) in [4.78, 5) is 6.86.